The third kappa shape index (κ3) is 2.53. The van der Waals surface area contributed by atoms with Crippen LogP contribution in [0.15, 0.2) is 0 Å². The Labute approximate surface area is 107 Å². The number of nitrogens with zero attached hydrogens (tertiary/aromatic N) is 1. The van der Waals surface area contributed by atoms with Crippen molar-refractivity contribution in [2.45, 2.75) is 39.7 Å². The second-order valence-electron chi connectivity index (χ2n) is 4.89. The number of carbonyl (C=O) groups is 3. The van der Waals surface area contributed by atoms with Gasteiger partial charge in [-0.05, 0) is 19.8 Å². The van der Waals surface area contributed by atoms with Gasteiger partial charge in [-0.15, -0.1) is 0 Å². The molecule has 1 saturated heterocycles. The molecule has 1 aliphatic heterocycles. The Morgan fingerprint density at radius 1 is 1.50 bits per heavy atom. The van der Waals surface area contributed by atoms with Gasteiger partial charge in [-0.25, -0.2) is 0 Å². The molecule has 0 bridgehead atoms. The zero-order valence-corrected chi connectivity index (χ0v) is 11.2. The maximum atomic E-state index is 12.5. The second kappa shape index (κ2) is 5.48. The summed E-state index contributed by atoms with van der Waals surface area (Å²) in [4.78, 5) is 36.9. The Morgan fingerprint density at radius 2 is 2.11 bits per heavy atom. The van der Waals surface area contributed by atoms with Crippen LogP contribution >= 0.6 is 0 Å². The lowest BCUT2D eigenvalue weighted by atomic mass is 9.85. The van der Waals surface area contributed by atoms with E-state index in [1.54, 1.807) is 6.92 Å². The molecule has 0 aromatic rings. The summed E-state index contributed by atoms with van der Waals surface area (Å²) in [5.41, 5.74) is 4.93. The van der Waals surface area contributed by atoms with Crippen molar-refractivity contribution in [1.29, 1.82) is 0 Å². The lowest BCUT2D eigenvalue weighted by molar-refractivity contribution is -0.155. The Bertz CT molecular complexity index is 364. The summed E-state index contributed by atoms with van der Waals surface area (Å²) in [6.45, 7) is 5.58. The van der Waals surface area contributed by atoms with Gasteiger partial charge in [0.2, 0.25) is 17.7 Å². The molecular weight excluding hydrogens is 234 g/mol. The molecule has 1 aliphatic rings. The highest BCUT2D eigenvalue weighted by Gasteiger charge is 2.42. The molecule has 0 aromatic carbocycles. The van der Waals surface area contributed by atoms with E-state index in [9.17, 15) is 14.4 Å². The fourth-order valence-corrected chi connectivity index (χ4v) is 2.02. The smallest absolute Gasteiger partial charge is 0.249 e. The first-order valence-corrected chi connectivity index (χ1v) is 6.24. The lowest BCUT2D eigenvalue weighted by Gasteiger charge is -2.39. The number of hydrogen-bond donors (Lipinski definition) is 2. The third-order valence-electron chi connectivity index (χ3n) is 3.65. The molecule has 3 N–H and O–H groups in total. The van der Waals surface area contributed by atoms with E-state index < -0.39 is 23.3 Å². The van der Waals surface area contributed by atoms with E-state index in [1.807, 2.05) is 13.8 Å². The normalized spacial score (nSPS) is 23.6. The molecule has 1 rings (SSSR count). The lowest BCUT2D eigenvalue weighted by Crippen LogP contribution is -2.62. The summed E-state index contributed by atoms with van der Waals surface area (Å²) < 4.78 is 0. The average Bonchev–Trinajstić information content (AvgIpc) is 2.36. The van der Waals surface area contributed by atoms with Crippen molar-refractivity contribution in [1.82, 2.24) is 10.2 Å². The van der Waals surface area contributed by atoms with E-state index in [4.69, 9.17) is 5.73 Å². The monoisotopic (exact) mass is 255 g/mol. The van der Waals surface area contributed by atoms with Gasteiger partial charge in [0.25, 0.3) is 0 Å². The van der Waals surface area contributed by atoms with Gasteiger partial charge < -0.3 is 10.6 Å². The highest BCUT2D eigenvalue weighted by molar-refractivity contribution is 6.04. The van der Waals surface area contributed by atoms with Crippen molar-refractivity contribution in [2.75, 3.05) is 13.1 Å². The van der Waals surface area contributed by atoms with Crippen LogP contribution in [0.3, 0.4) is 0 Å². The molecule has 0 saturated carbocycles. The highest BCUT2D eigenvalue weighted by atomic mass is 16.2. The Balaban J connectivity index is 3.00. The first-order valence-electron chi connectivity index (χ1n) is 6.24. The Hall–Kier alpha value is -1.43. The number of rotatable bonds is 4. The third-order valence-corrected chi connectivity index (χ3v) is 3.65. The van der Waals surface area contributed by atoms with E-state index in [0.29, 0.717) is 12.8 Å². The average molecular weight is 255 g/mol. The van der Waals surface area contributed by atoms with Crippen LogP contribution < -0.4 is 11.1 Å². The SMILES string of the molecule is CCC1C(=O)NC(=O)CN1C(=O)C(C)(CC)CN. The zero-order valence-electron chi connectivity index (χ0n) is 11.2. The van der Waals surface area contributed by atoms with Crippen LogP contribution in [0.4, 0.5) is 0 Å². The molecule has 0 radical (unpaired) electrons. The van der Waals surface area contributed by atoms with Gasteiger partial charge >= 0.3 is 0 Å². The molecular formula is C12H21N3O3. The Morgan fingerprint density at radius 3 is 2.56 bits per heavy atom. The highest BCUT2D eigenvalue weighted by Crippen LogP contribution is 2.25. The van der Waals surface area contributed by atoms with E-state index in [1.165, 1.54) is 4.90 Å². The quantitative estimate of drug-likeness (QED) is 0.670. The fourth-order valence-electron chi connectivity index (χ4n) is 2.02. The van der Waals surface area contributed by atoms with Gasteiger partial charge in [-0.3, -0.25) is 19.7 Å². The van der Waals surface area contributed by atoms with Crippen LogP contribution in [0, 0.1) is 5.41 Å². The van der Waals surface area contributed by atoms with E-state index in [-0.39, 0.29) is 19.0 Å². The first kappa shape index (κ1) is 14.6. The van der Waals surface area contributed by atoms with Gasteiger partial charge in [0, 0.05) is 6.54 Å². The minimum absolute atomic E-state index is 0.0708. The van der Waals surface area contributed by atoms with Gasteiger partial charge in [0.15, 0.2) is 0 Å². The van der Waals surface area contributed by atoms with E-state index in [0.717, 1.165) is 0 Å². The maximum absolute atomic E-state index is 12.5. The van der Waals surface area contributed by atoms with Gasteiger partial charge in [-0.1, -0.05) is 13.8 Å². The summed E-state index contributed by atoms with van der Waals surface area (Å²) in [5.74, 6) is -1.06. The zero-order chi connectivity index (χ0) is 13.9. The summed E-state index contributed by atoms with van der Waals surface area (Å²) >= 11 is 0. The van der Waals surface area contributed by atoms with E-state index >= 15 is 0 Å². The van der Waals surface area contributed by atoms with Gasteiger partial charge in [0.05, 0.1) is 5.41 Å². The molecule has 18 heavy (non-hydrogen) atoms. The molecule has 2 atom stereocenters. The largest absolute Gasteiger partial charge is 0.329 e. The van der Waals surface area contributed by atoms with Crippen LogP contribution in [0.25, 0.3) is 0 Å². The minimum Gasteiger partial charge on any atom is -0.329 e. The summed E-state index contributed by atoms with van der Waals surface area (Å²) in [6, 6.07) is -0.576. The summed E-state index contributed by atoms with van der Waals surface area (Å²) in [7, 11) is 0. The number of nitrogens with two attached hydrogens (primary N) is 1. The van der Waals surface area contributed by atoms with Crippen molar-refractivity contribution in [3.05, 3.63) is 0 Å². The number of carbonyl (C=O) groups excluding carboxylic acids is 3. The molecule has 0 spiro atoms. The predicted molar refractivity (Wildman–Crippen MR) is 66.4 cm³/mol. The molecule has 0 aromatic heterocycles. The minimum atomic E-state index is -0.717. The van der Waals surface area contributed by atoms with Crippen molar-refractivity contribution < 1.29 is 14.4 Å². The number of amides is 3. The molecule has 1 heterocycles. The number of piperazine rings is 1. The molecule has 3 amide bonds. The van der Waals surface area contributed by atoms with Crippen molar-refractivity contribution in [3.8, 4) is 0 Å². The van der Waals surface area contributed by atoms with Crippen molar-refractivity contribution >= 4 is 17.7 Å². The van der Waals surface area contributed by atoms with E-state index in [2.05, 4.69) is 5.32 Å². The second-order valence-corrected chi connectivity index (χ2v) is 4.89. The van der Waals surface area contributed by atoms with Crippen molar-refractivity contribution in [3.63, 3.8) is 0 Å². The molecule has 102 valence electrons. The predicted octanol–water partition coefficient (Wildman–Crippen LogP) is -0.375. The number of hydrogen-bond acceptors (Lipinski definition) is 4. The maximum Gasteiger partial charge on any atom is 0.249 e. The van der Waals surface area contributed by atoms with Crippen LogP contribution in [0.5, 0.6) is 0 Å². The Kier molecular flexibility index (Phi) is 4.45. The molecule has 0 aliphatic carbocycles. The fraction of sp³-hybridized carbons (Fsp3) is 0.750. The molecule has 6 heteroatoms. The topological polar surface area (TPSA) is 92.5 Å². The number of nitrogens with one attached hydrogen (secondary N) is 1. The summed E-state index contributed by atoms with van der Waals surface area (Å²) in [5, 5.41) is 2.25. The van der Waals surface area contributed by atoms with Crippen LogP contribution in [-0.2, 0) is 14.4 Å². The molecule has 1 fully saturated rings. The molecule has 6 nitrogen and oxygen atoms in total. The van der Waals surface area contributed by atoms with Crippen LogP contribution in [0.2, 0.25) is 0 Å². The van der Waals surface area contributed by atoms with Gasteiger partial charge in [0.1, 0.15) is 12.6 Å². The standard InChI is InChI=1S/C12H21N3O3/c1-4-8-10(17)14-9(16)6-15(8)11(18)12(3,5-2)7-13/h8H,4-7,13H2,1-3H3,(H,14,16,17). The van der Waals surface area contributed by atoms with Gasteiger partial charge in [-0.2, -0.15) is 0 Å². The number of imide groups is 1. The summed E-state index contributed by atoms with van der Waals surface area (Å²) in [6.07, 6.45) is 1.06. The van der Waals surface area contributed by atoms with Crippen LogP contribution in [0.1, 0.15) is 33.6 Å². The van der Waals surface area contributed by atoms with Crippen molar-refractivity contribution in [2.24, 2.45) is 11.1 Å². The molecule has 2 unspecified atom stereocenters. The first-order chi connectivity index (χ1) is 8.39. The van der Waals surface area contributed by atoms with Crippen LogP contribution in [-0.4, -0.2) is 41.8 Å².